The Bertz CT molecular complexity index is 1090. The maximum atomic E-state index is 12.8. The average Bonchev–Trinajstić information content (AvgIpc) is 3.43. The van der Waals surface area contributed by atoms with Crippen LogP contribution in [0.2, 0.25) is 0 Å². The van der Waals surface area contributed by atoms with Crippen molar-refractivity contribution in [1.82, 2.24) is 10.6 Å². The Hall–Kier alpha value is -3.35. The summed E-state index contributed by atoms with van der Waals surface area (Å²) in [5.74, 6) is -1.21. The van der Waals surface area contributed by atoms with Gasteiger partial charge in [-0.15, -0.1) is 0 Å². The Morgan fingerprint density at radius 1 is 0.886 bits per heavy atom. The third-order valence-electron chi connectivity index (χ3n) is 8.15. The fourth-order valence-electron chi connectivity index (χ4n) is 6.02. The summed E-state index contributed by atoms with van der Waals surface area (Å²) in [7, 11) is 0. The molecule has 2 amide bonds. The highest BCUT2D eigenvalue weighted by atomic mass is 16.5. The van der Waals surface area contributed by atoms with E-state index in [1.807, 2.05) is 24.3 Å². The van der Waals surface area contributed by atoms with E-state index in [4.69, 9.17) is 4.74 Å². The molecule has 2 aromatic rings. The number of amides is 2. The topological polar surface area (TPSA) is 105 Å². The molecule has 0 radical (unpaired) electrons. The molecular weight excluding hydrogens is 444 g/mol. The molecule has 5 rings (SSSR count). The molecule has 7 nitrogen and oxygen atoms in total. The molecule has 0 atom stereocenters. The van der Waals surface area contributed by atoms with Crippen LogP contribution < -0.4 is 10.6 Å². The van der Waals surface area contributed by atoms with Gasteiger partial charge in [0.25, 0.3) is 0 Å². The lowest BCUT2D eigenvalue weighted by Gasteiger charge is -2.42. The summed E-state index contributed by atoms with van der Waals surface area (Å²) >= 11 is 0. The van der Waals surface area contributed by atoms with Gasteiger partial charge in [-0.05, 0) is 53.4 Å². The molecular formula is C28H32N2O5. The van der Waals surface area contributed by atoms with Gasteiger partial charge in [0.15, 0.2) is 0 Å². The maximum Gasteiger partial charge on any atom is 0.407 e. The minimum absolute atomic E-state index is 0.00443. The van der Waals surface area contributed by atoms with Crippen molar-refractivity contribution >= 4 is 18.0 Å². The van der Waals surface area contributed by atoms with Crippen molar-refractivity contribution < 1.29 is 24.2 Å². The normalized spacial score (nSPS) is 19.2. The van der Waals surface area contributed by atoms with Crippen LogP contribution in [0.5, 0.6) is 0 Å². The number of benzene rings is 2. The molecule has 0 unspecified atom stereocenters. The predicted octanol–water partition coefficient (Wildman–Crippen LogP) is 4.60. The average molecular weight is 477 g/mol. The van der Waals surface area contributed by atoms with Crippen LogP contribution in [0.1, 0.15) is 68.4 Å². The number of carbonyl (C=O) groups excluding carboxylic acids is 2. The van der Waals surface area contributed by atoms with Gasteiger partial charge in [0.2, 0.25) is 5.91 Å². The first-order chi connectivity index (χ1) is 16.9. The lowest BCUT2D eigenvalue weighted by Crippen LogP contribution is -2.54. The molecule has 0 spiro atoms. The smallest absolute Gasteiger partial charge is 0.407 e. The number of fused-ring (bicyclic) bond motifs is 3. The Kier molecular flexibility index (Phi) is 6.26. The molecule has 0 bridgehead atoms. The number of hydrogen-bond donors (Lipinski definition) is 3. The van der Waals surface area contributed by atoms with E-state index in [0.717, 1.165) is 43.2 Å². The van der Waals surface area contributed by atoms with E-state index >= 15 is 0 Å². The molecule has 3 aliphatic rings. The minimum Gasteiger partial charge on any atom is -0.480 e. The van der Waals surface area contributed by atoms with E-state index in [2.05, 4.69) is 34.9 Å². The molecule has 7 heteroatoms. The van der Waals surface area contributed by atoms with Gasteiger partial charge < -0.3 is 20.5 Å². The predicted molar refractivity (Wildman–Crippen MR) is 131 cm³/mol. The highest BCUT2D eigenvalue weighted by molar-refractivity contribution is 5.87. The summed E-state index contributed by atoms with van der Waals surface area (Å²) < 4.78 is 5.64. The Morgan fingerprint density at radius 3 is 2.03 bits per heavy atom. The first-order valence-corrected chi connectivity index (χ1v) is 12.5. The molecule has 0 aromatic heterocycles. The second kappa shape index (κ2) is 9.36. The van der Waals surface area contributed by atoms with E-state index in [1.165, 1.54) is 11.1 Å². The molecule has 2 fully saturated rings. The van der Waals surface area contributed by atoms with Crippen LogP contribution in [0.25, 0.3) is 11.1 Å². The van der Waals surface area contributed by atoms with Crippen molar-refractivity contribution in [2.45, 2.75) is 62.8 Å². The first-order valence-electron chi connectivity index (χ1n) is 12.5. The van der Waals surface area contributed by atoms with Crippen LogP contribution in [0.4, 0.5) is 4.79 Å². The maximum absolute atomic E-state index is 12.8. The van der Waals surface area contributed by atoms with Crippen LogP contribution >= 0.6 is 0 Å². The van der Waals surface area contributed by atoms with Gasteiger partial charge in [-0.1, -0.05) is 67.8 Å². The molecule has 0 heterocycles. The zero-order chi connectivity index (χ0) is 24.5. The summed E-state index contributed by atoms with van der Waals surface area (Å²) in [6.07, 6.45) is 4.92. The largest absolute Gasteiger partial charge is 0.480 e. The molecule has 3 aliphatic carbocycles. The number of hydrogen-bond acceptors (Lipinski definition) is 4. The second-order valence-electron chi connectivity index (χ2n) is 10.4. The van der Waals surface area contributed by atoms with Crippen LogP contribution in [-0.2, 0) is 14.3 Å². The van der Waals surface area contributed by atoms with E-state index in [-0.39, 0.29) is 30.3 Å². The summed E-state index contributed by atoms with van der Waals surface area (Å²) in [5.41, 5.74) is 3.20. The van der Waals surface area contributed by atoms with Crippen molar-refractivity contribution in [3.63, 3.8) is 0 Å². The lowest BCUT2D eigenvalue weighted by molar-refractivity contribution is -0.148. The van der Waals surface area contributed by atoms with E-state index < -0.39 is 17.6 Å². The molecule has 0 saturated heterocycles. The van der Waals surface area contributed by atoms with Crippen LogP contribution in [0, 0.1) is 5.41 Å². The third kappa shape index (κ3) is 4.51. The number of carbonyl (C=O) groups is 3. The lowest BCUT2D eigenvalue weighted by atomic mass is 9.66. The van der Waals surface area contributed by atoms with Crippen LogP contribution in [0.3, 0.4) is 0 Å². The van der Waals surface area contributed by atoms with Crippen LogP contribution in [0.15, 0.2) is 48.5 Å². The summed E-state index contributed by atoms with van der Waals surface area (Å²) in [6.45, 7) is 0.589. The van der Waals surface area contributed by atoms with Gasteiger partial charge in [0, 0.05) is 18.9 Å². The number of carboxylic acid groups (broad SMARTS) is 1. The number of aliphatic carboxylic acids is 1. The van der Waals surface area contributed by atoms with Gasteiger partial charge in [-0.25, -0.2) is 9.59 Å². The molecule has 2 saturated carbocycles. The highest BCUT2D eigenvalue weighted by Crippen LogP contribution is 2.45. The highest BCUT2D eigenvalue weighted by Gasteiger charge is 2.45. The van der Waals surface area contributed by atoms with Gasteiger partial charge in [-0.2, -0.15) is 0 Å². The van der Waals surface area contributed by atoms with E-state index in [0.29, 0.717) is 19.4 Å². The molecule has 184 valence electrons. The molecule has 0 aliphatic heterocycles. The number of alkyl carbamates (subject to hydrolysis) is 1. The van der Waals surface area contributed by atoms with Crippen LogP contribution in [-0.4, -0.2) is 41.8 Å². The van der Waals surface area contributed by atoms with Gasteiger partial charge >= 0.3 is 12.1 Å². The molecule has 35 heavy (non-hydrogen) atoms. The summed E-state index contributed by atoms with van der Waals surface area (Å²) in [4.78, 5) is 37.2. The number of ether oxygens (including phenoxy) is 1. The Labute approximate surface area is 205 Å². The number of rotatable bonds is 8. The third-order valence-corrected chi connectivity index (χ3v) is 8.15. The monoisotopic (exact) mass is 476 g/mol. The standard InChI is InChI=1S/C28H32N2O5/c31-24(30-28(25(32)33)14-5-6-15-28)16-27(12-7-13-27)18-29-26(34)35-17-23-21-10-3-1-8-19(21)20-9-2-4-11-22(20)23/h1-4,8-11,23H,5-7,12-18H2,(H,29,34)(H,30,31)(H,32,33). The molecule has 3 N–H and O–H groups in total. The van der Waals surface area contributed by atoms with Crippen molar-refractivity contribution in [3.05, 3.63) is 59.7 Å². The van der Waals surface area contributed by atoms with Crippen molar-refractivity contribution in [2.24, 2.45) is 5.41 Å². The van der Waals surface area contributed by atoms with Crippen molar-refractivity contribution in [1.29, 1.82) is 0 Å². The minimum atomic E-state index is -1.14. The summed E-state index contributed by atoms with van der Waals surface area (Å²) in [6, 6.07) is 16.4. The van der Waals surface area contributed by atoms with Gasteiger partial charge in [0.05, 0.1) is 0 Å². The second-order valence-corrected chi connectivity index (χ2v) is 10.4. The SMILES string of the molecule is O=C(CC1(CNC(=O)OCC2c3ccccc3-c3ccccc32)CCC1)NC1(C(=O)O)CCCC1. The number of carboxylic acids is 1. The molecule has 2 aromatic carbocycles. The quantitative estimate of drug-likeness (QED) is 0.517. The first kappa shape index (κ1) is 23.4. The zero-order valence-corrected chi connectivity index (χ0v) is 19.8. The fourth-order valence-corrected chi connectivity index (χ4v) is 6.02. The number of nitrogens with one attached hydrogen (secondary N) is 2. The summed E-state index contributed by atoms with van der Waals surface area (Å²) in [5, 5.41) is 15.3. The van der Waals surface area contributed by atoms with Gasteiger partial charge in [0.1, 0.15) is 12.1 Å². The zero-order valence-electron chi connectivity index (χ0n) is 19.8. The van der Waals surface area contributed by atoms with Gasteiger partial charge in [-0.3, -0.25) is 4.79 Å². The van der Waals surface area contributed by atoms with Crippen molar-refractivity contribution in [3.8, 4) is 11.1 Å². The fraction of sp³-hybridized carbons (Fsp3) is 0.464. The van der Waals surface area contributed by atoms with E-state index in [9.17, 15) is 19.5 Å². The van der Waals surface area contributed by atoms with E-state index in [1.54, 1.807) is 0 Å². The Balaban J connectivity index is 1.16. The van der Waals surface area contributed by atoms with Crippen molar-refractivity contribution in [2.75, 3.05) is 13.2 Å². The Morgan fingerprint density at radius 2 is 1.49 bits per heavy atom.